The summed E-state index contributed by atoms with van der Waals surface area (Å²) in [5.74, 6) is 0.709. The molecule has 1 saturated heterocycles. The minimum Gasteiger partial charge on any atom is -0.496 e. The van der Waals surface area contributed by atoms with E-state index in [1.165, 1.54) is 0 Å². The van der Waals surface area contributed by atoms with E-state index in [-0.39, 0.29) is 6.03 Å². The van der Waals surface area contributed by atoms with Crippen molar-refractivity contribution in [2.24, 2.45) is 0 Å². The topological polar surface area (TPSA) is 61.5 Å². The minimum absolute atomic E-state index is 0.00478. The zero-order valence-electron chi connectivity index (χ0n) is 15.6. The first-order valence-electron chi connectivity index (χ1n) is 9.14. The summed E-state index contributed by atoms with van der Waals surface area (Å²) in [5.41, 5.74) is 3.76. The summed E-state index contributed by atoms with van der Waals surface area (Å²) in [4.78, 5) is 16.5. The van der Waals surface area contributed by atoms with Gasteiger partial charge in [0.25, 0.3) is 0 Å². The number of methoxy groups -OCH3 is 1. The van der Waals surface area contributed by atoms with Crippen LogP contribution in [0.5, 0.6) is 5.75 Å². The molecule has 4 rings (SSSR count). The van der Waals surface area contributed by atoms with Crippen LogP contribution in [0.15, 0.2) is 54.9 Å². The lowest BCUT2D eigenvalue weighted by Gasteiger charge is -2.20. The van der Waals surface area contributed by atoms with Crippen molar-refractivity contribution in [3.63, 3.8) is 0 Å². The Kier molecular flexibility index (Phi) is 5.21. The quantitative estimate of drug-likeness (QED) is 0.678. The van der Waals surface area contributed by atoms with Gasteiger partial charge in [0.15, 0.2) is 0 Å². The molecule has 2 aromatic carbocycles. The van der Waals surface area contributed by atoms with Gasteiger partial charge in [-0.25, -0.2) is 4.79 Å². The second kappa shape index (κ2) is 7.94. The number of carbonyl (C=O) groups is 1. The highest BCUT2D eigenvalue weighted by Gasteiger charge is 2.29. The molecule has 0 bridgehead atoms. The number of rotatable bonds is 6. The molecule has 28 heavy (non-hydrogen) atoms. The van der Waals surface area contributed by atoms with Gasteiger partial charge in [-0.3, -0.25) is 10.00 Å². The lowest BCUT2D eigenvalue weighted by Crippen LogP contribution is -2.33. The molecule has 6 nitrogen and oxygen atoms in total. The van der Waals surface area contributed by atoms with E-state index in [1.807, 2.05) is 53.6 Å². The van der Waals surface area contributed by atoms with E-state index in [0.29, 0.717) is 25.4 Å². The second-order valence-electron chi connectivity index (χ2n) is 6.63. The summed E-state index contributed by atoms with van der Waals surface area (Å²) in [5, 5.41) is 7.53. The van der Waals surface area contributed by atoms with Gasteiger partial charge in [-0.2, -0.15) is 5.10 Å². The number of H-pyrrole nitrogens is 1. The highest BCUT2D eigenvalue weighted by molar-refractivity contribution is 6.31. The summed E-state index contributed by atoms with van der Waals surface area (Å²) in [6.45, 7) is 1.98. The molecular weight excluding hydrogens is 376 g/mol. The number of urea groups is 1. The molecule has 0 unspecified atom stereocenters. The van der Waals surface area contributed by atoms with Crippen molar-refractivity contribution < 1.29 is 9.53 Å². The average molecular weight is 397 g/mol. The fourth-order valence-electron chi connectivity index (χ4n) is 3.47. The normalized spacial score (nSPS) is 14.0. The van der Waals surface area contributed by atoms with Crippen LogP contribution in [0.3, 0.4) is 0 Å². The van der Waals surface area contributed by atoms with Gasteiger partial charge in [0.05, 0.1) is 13.3 Å². The van der Waals surface area contributed by atoms with Crippen molar-refractivity contribution in [1.29, 1.82) is 0 Å². The molecule has 0 atom stereocenters. The molecule has 1 N–H and O–H groups in total. The summed E-state index contributed by atoms with van der Waals surface area (Å²) >= 11 is 6.23. The summed E-state index contributed by atoms with van der Waals surface area (Å²) < 4.78 is 5.54. The van der Waals surface area contributed by atoms with Gasteiger partial charge in [0.1, 0.15) is 5.75 Å². The molecule has 0 saturated carbocycles. The fraction of sp³-hybridized carbons (Fsp3) is 0.238. The van der Waals surface area contributed by atoms with Crippen LogP contribution in [0.25, 0.3) is 11.1 Å². The highest BCUT2D eigenvalue weighted by Crippen LogP contribution is 2.34. The van der Waals surface area contributed by atoms with Crippen LogP contribution >= 0.6 is 11.6 Å². The van der Waals surface area contributed by atoms with Crippen molar-refractivity contribution >= 4 is 23.3 Å². The third-order valence-electron chi connectivity index (χ3n) is 5.01. The van der Waals surface area contributed by atoms with E-state index in [9.17, 15) is 4.79 Å². The number of aromatic nitrogens is 2. The number of ether oxygens (including phenoxy) is 1. The Morgan fingerprint density at radius 1 is 1.21 bits per heavy atom. The fourth-order valence-corrected chi connectivity index (χ4v) is 3.70. The van der Waals surface area contributed by atoms with Crippen molar-refractivity contribution in [2.45, 2.75) is 6.42 Å². The van der Waals surface area contributed by atoms with Gasteiger partial charge in [-0.15, -0.1) is 0 Å². The van der Waals surface area contributed by atoms with Crippen molar-refractivity contribution in [2.75, 3.05) is 31.6 Å². The molecule has 2 amide bonds. The monoisotopic (exact) mass is 396 g/mol. The Balaban J connectivity index is 1.48. The van der Waals surface area contributed by atoms with Gasteiger partial charge in [-0.1, -0.05) is 29.8 Å². The first-order chi connectivity index (χ1) is 13.7. The van der Waals surface area contributed by atoms with E-state index >= 15 is 0 Å². The SMILES string of the molecule is COc1cc(N2CCN(CCc3ccccc3Cl)C2=O)ccc1-c1cn[nH]c1. The van der Waals surface area contributed by atoms with Crippen molar-refractivity contribution in [1.82, 2.24) is 15.1 Å². The maximum absolute atomic E-state index is 12.9. The highest BCUT2D eigenvalue weighted by atomic mass is 35.5. The van der Waals surface area contributed by atoms with Gasteiger partial charge < -0.3 is 9.64 Å². The lowest BCUT2D eigenvalue weighted by atomic mass is 10.1. The number of amides is 2. The third-order valence-corrected chi connectivity index (χ3v) is 5.38. The molecule has 0 spiro atoms. The molecule has 0 radical (unpaired) electrons. The molecule has 2 heterocycles. The van der Waals surface area contributed by atoms with E-state index < -0.39 is 0 Å². The molecule has 7 heteroatoms. The van der Waals surface area contributed by atoms with Crippen LogP contribution in [-0.4, -0.2) is 47.9 Å². The zero-order valence-corrected chi connectivity index (χ0v) is 16.3. The molecule has 144 valence electrons. The first-order valence-corrected chi connectivity index (χ1v) is 9.52. The first kappa shape index (κ1) is 18.4. The summed E-state index contributed by atoms with van der Waals surface area (Å²) in [6, 6.07) is 13.6. The van der Waals surface area contributed by atoms with Crippen LogP contribution in [0.4, 0.5) is 10.5 Å². The molecule has 3 aromatic rings. The number of halogens is 1. The number of hydrogen-bond acceptors (Lipinski definition) is 3. The molecule has 1 aliphatic rings. The van der Waals surface area contributed by atoms with E-state index in [2.05, 4.69) is 10.2 Å². The smallest absolute Gasteiger partial charge is 0.324 e. The number of carbonyl (C=O) groups excluding carboxylic acids is 1. The van der Waals surface area contributed by atoms with Gasteiger partial charge in [0.2, 0.25) is 0 Å². The van der Waals surface area contributed by atoms with Gasteiger partial charge >= 0.3 is 6.03 Å². The lowest BCUT2D eigenvalue weighted by molar-refractivity contribution is 0.221. The van der Waals surface area contributed by atoms with Crippen molar-refractivity contribution in [3.05, 3.63) is 65.4 Å². The number of anilines is 1. The molecule has 1 aromatic heterocycles. The Bertz CT molecular complexity index is 974. The molecule has 1 aliphatic heterocycles. The number of aromatic amines is 1. The zero-order chi connectivity index (χ0) is 19.5. The molecule has 0 aliphatic carbocycles. The van der Waals surface area contributed by atoms with E-state index in [1.54, 1.807) is 18.2 Å². The summed E-state index contributed by atoms with van der Waals surface area (Å²) in [7, 11) is 1.63. The van der Waals surface area contributed by atoms with Crippen molar-refractivity contribution in [3.8, 4) is 16.9 Å². The molecule has 1 fully saturated rings. The number of hydrogen-bond donors (Lipinski definition) is 1. The van der Waals surface area contributed by atoms with E-state index in [0.717, 1.165) is 33.8 Å². The van der Waals surface area contributed by atoms with Gasteiger partial charge in [0, 0.05) is 53.7 Å². The Morgan fingerprint density at radius 3 is 2.82 bits per heavy atom. The van der Waals surface area contributed by atoms with E-state index in [4.69, 9.17) is 16.3 Å². The van der Waals surface area contributed by atoms with Gasteiger partial charge in [-0.05, 0) is 30.2 Å². The number of nitrogens with one attached hydrogen (secondary N) is 1. The van der Waals surface area contributed by atoms with Crippen LogP contribution in [0.1, 0.15) is 5.56 Å². The number of benzene rings is 2. The second-order valence-corrected chi connectivity index (χ2v) is 7.04. The standard InChI is InChI=1S/C21H21ClN4O2/c1-28-20-12-17(6-7-18(20)16-13-23-24-14-16)26-11-10-25(21(26)27)9-8-15-4-2-3-5-19(15)22/h2-7,12-14H,8-11H2,1H3,(H,23,24). The summed E-state index contributed by atoms with van der Waals surface area (Å²) in [6.07, 6.45) is 4.30. The minimum atomic E-state index is 0.00478. The Labute approximate surface area is 168 Å². The molecular formula is C21H21ClN4O2. The predicted octanol–water partition coefficient (Wildman–Crippen LogP) is 4.22. The number of nitrogens with zero attached hydrogens (tertiary/aromatic N) is 3. The average Bonchev–Trinajstić information content (AvgIpc) is 3.37. The van der Waals surface area contributed by atoms with Crippen LogP contribution in [-0.2, 0) is 6.42 Å². The maximum Gasteiger partial charge on any atom is 0.324 e. The maximum atomic E-state index is 12.9. The van der Waals surface area contributed by atoms with Crippen LogP contribution < -0.4 is 9.64 Å². The third kappa shape index (κ3) is 3.55. The Morgan fingerprint density at radius 2 is 2.07 bits per heavy atom. The predicted molar refractivity (Wildman–Crippen MR) is 110 cm³/mol. The van der Waals surface area contributed by atoms with Crippen LogP contribution in [0, 0.1) is 0 Å². The largest absolute Gasteiger partial charge is 0.496 e. The van der Waals surface area contributed by atoms with Crippen LogP contribution in [0.2, 0.25) is 5.02 Å². The Hall–Kier alpha value is -2.99.